The first kappa shape index (κ1) is 14.2. The second-order valence-corrected chi connectivity index (χ2v) is 5.68. The number of aromatic nitrogens is 3. The van der Waals surface area contributed by atoms with Crippen molar-refractivity contribution in [1.82, 2.24) is 14.8 Å². The van der Waals surface area contributed by atoms with Crippen LogP contribution in [0, 0.1) is 0 Å². The molecule has 7 heteroatoms. The van der Waals surface area contributed by atoms with E-state index in [1.54, 1.807) is 4.57 Å². The summed E-state index contributed by atoms with van der Waals surface area (Å²) < 4.78 is 8.22. The minimum absolute atomic E-state index is 0.168. The fourth-order valence-corrected chi connectivity index (χ4v) is 2.61. The topological polar surface area (TPSA) is 59.9 Å². The van der Waals surface area contributed by atoms with Crippen molar-refractivity contribution in [1.29, 1.82) is 0 Å². The zero-order chi connectivity index (χ0) is 13.7. The van der Waals surface area contributed by atoms with Gasteiger partial charge < -0.3 is 4.74 Å². The largest absolute Gasteiger partial charge is 0.493 e. The van der Waals surface area contributed by atoms with E-state index < -0.39 is 0 Å². The standard InChI is InChI=1S/C12H14BrN3O2S/c1-2-16-11(17)14-15-12(16)19-8-7-18-10-5-3-9(13)4-6-10/h3-6H,2,7-8H2,1H3,(H,14,17). The first-order valence-corrected chi connectivity index (χ1v) is 7.65. The van der Waals surface area contributed by atoms with E-state index >= 15 is 0 Å². The Hall–Kier alpha value is -1.21. The van der Waals surface area contributed by atoms with Crippen LogP contribution in [0.25, 0.3) is 0 Å². The van der Waals surface area contributed by atoms with Gasteiger partial charge in [-0.3, -0.25) is 4.57 Å². The summed E-state index contributed by atoms with van der Waals surface area (Å²) in [4.78, 5) is 11.4. The molecule has 1 aromatic carbocycles. The molecule has 0 amide bonds. The Bertz CT molecular complexity index is 579. The lowest BCUT2D eigenvalue weighted by molar-refractivity contribution is 0.343. The minimum Gasteiger partial charge on any atom is -0.493 e. The van der Waals surface area contributed by atoms with E-state index in [0.29, 0.717) is 18.3 Å². The molecule has 5 nitrogen and oxygen atoms in total. The number of rotatable bonds is 6. The molecule has 0 aliphatic heterocycles. The Labute approximate surface area is 123 Å². The van der Waals surface area contributed by atoms with Crippen LogP contribution in [0.2, 0.25) is 0 Å². The van der Waals surface area contributed by atoms with Crippen LogP contribution in [0.3, 0.4) is 0 Å². The first-order chi connectivity index (χ1) is 9.20. The summed E-state index contributed by atoms with van der Waals surface area (Å²) in [7, 11) is 0. The third-order valence-corrected chi connectivity index (χ3v) is 3.91. The first-order valence-electron chi connectivity index (χ1n) is 5.87. The average Bonchev–Trinajstić information content (AvgIpc) is 2.77. The number of hydrogen-bond acceptors (Lipinski definition) is 4. The highest BCUT2D eigenvalue weighted by molar-refractivity contribution is 9.10. The highest BCUT2D eigenvalue weighted by atomic mass is 79.9. The van der Waals surface area contributed by atoms with E-state index in [0.717, 1.165) is 16.0 Å². The molecule has 2 rings (SSSR count). The molecule has 0 radical (unpaired) electrons. The number of H-pyrrole nitrogens is 1. The lowest BCUT2D eigenvalue weighted by atomic mass is 10.3. The Balaban J connectivity index is 1.80. The van der Waals surface area contributed by atoms with Crippen LogP contribution in [0.5, 0.6) is 5.75 Å². The van der Waals surface area contributed by atoms with Crippen molar-refractivity contribution in [2.24, 2.45) is 0 Å². The molecule has 0 aliphatic rings. The Morgan fingerprint density at radius 3 is 2.84 bits per heavy atom. The number of hydrogen-bond donors (Lipinski definition) is 1. The SMILES string of the molecule is CCn1c(SCCOc2ccc(Br)cc2)n[nH]c1=O. The van der Waals surface area contributed by atoms with Crippen LogP contribution in [-0.2, 0) is 6.54 Å². The summed E-state index contributed by atoms with van der Waals surface area (Å²) >= 11 is 4.87. The Morgan fingerprint density at radius 1 is 1.42 bits per heavy atom. The van der Waals surface area contributed by atoms with Gasteiger partial charge in [0.05, 0.1) is 6.61 Å². The molecular formula is C12H14BrN3O2S. The second kappa shape index (κ2) is 6.81. The summed E-state index contributed by atoms with van der Waals surface area (Å²) in [6.45, 7) is 3.10. The maximum atomic E-state index is 11.4. The van der Waals surface area contributed by atoms with Crippen LogP contribution in [-0.4, -0.2) is 27.1 Å². The summed E-state index contributed by atoms with van der Waals surface area (Å²) in [5.41, 5.74) is -0.168. The van der Waals surface area contributed by atoms with Gasteiger partial charge >= 0.3 is 5.69 Å². The summed E-state index contributed by atoms with van der Waals surface area (Å²) in [5, 5.41) is 7.11. The zero-order valence-corrected chi connectivity index (χ0v) is 12.8. The van der Waals surface area contributed by atoms with Gasteiger partial charge in [0.25, 0.3) is 0 Å². The monoisotopic (exact) mass is 343 g/mol. The molecule has 1 aromatic heterocycles. The number of nitrogens with zero attached hydrogens (tertiary/aromatic N) is 2. The average molecular weight is 344 g/mol. The highest BCUT2D eigenvalue weighted by Gasteiger charge is 2.06. The molecule has 0 saturated carbocycles. The van der Waals surface area contributed by atoms with E-state index in [2.05, 4.69) is 26.1 Å². The summed E-state index contributed by atoms with van der Waals surface area (Å²) in [6.07, 6.45) is 0. The van der Waals surface area contributed by atoms with Gasteiger partial charge in [-0.25, -0.2) is 9.89 Å². The molecular weight excluding hydrogens is 330 g/mol. The zero-order valence-electron chi connectivity index (χ0n) is 10.4. The fraction of sp³-hybridized carbons (Fsp3) is 0.333. The number of nitrogens with one attached hydrogen (secondary N) is 1. The van der Waals surface area contributed by atoms with Gasteiger partial charge in [0.15, 0.2) is 5.16 Å². The number of benzene rings is 1. The number of halogens is 1. The van der Waals surface area contributed by atoms with Crippen LogP contribution in [0.4, 0.5) is 0 Å². The quantitative estimate of drug-likeness (QED) is 0.646. The summed E-state index contributed by atoms with van der Waals surface area (Å²) in [6, 6.07) is 7.69. The minimum atomic E-state index is -0.168. The molecule has 19 heavy (non-hydrogen) atoms. The van der Waals surface area contributed by atoms with Crippen molar-refractivity contribution in [3.05, 3.63) is 39.2 Å². The second-order valence-electron chi connectivity index (χ2n) is 3.71. The van der Waals surface area contributed by atoms with Crippen molar-refractivity contribution < 1.29 is 4.74 Å². The van der Waals surface area contributed by atoms with Crippen molar-refractivity contribution >= 4 is 27.7 Å². The van der Waals surface area contributed by atoms with Gasteiger partial charge in [-0.1, -0.05) is 27.7 Å². The normalized spacial score (nSPS) is 10.6. The molecule has 2 aromatic rings. The van der Waals surface area contributed by atoms with Crippen molar-refractivity contribution in [3.8, 4) is 5.75 Å². The maximum Gasteiger partial charge on any atom is 0.343 e. The van der Waals surface area contributed by atoms with Gasteiger partial charge in [-0.05, 0) is 31.2 Å². The van der Waals surface area contributed by atoms with Gasteiger partial charge in [-0.15, -0.1) is 5.10 Å². The number of thioether (sulfide) groups is 1. The van der Waals surface area contributed by atoms with Crippen LogP contribution < -0.4 is 10.4 Å². The Morgan fingerprint density at radius 2 is 2.16 bits per heavy atom. The lowest BCUT2D eigenvalue weighted by Crippen LogP contribution is -2.16. The van der Waals surface area contributed by atoms with E-state index in [1.165, 1.54) is 11.8 Å². The van der Waals surface area contributed by atoms with E-state index in [4.69, 9.17) is 4.74 Å². The molecule has 1 N–H and O–H groups in total. The molecule has 0 spiro atoms. The molecule has 0 saturated heterocycles. The van der Waals surface area contributed by atoms with E-state index in [1.807, 2.05) is 31.2 Å². The predicted octanol–water partition coefficient (Wildman–Crippen LogP) is 2.52. The van der Waals surface area contributed by atoms with Gasteiger partial charge in [0, 0.05) is 16.8 Å². The van der Waals surface area contributed by atoms with Crippen LogP contribution in [0.15, 0.2) is 38.7 Å². The molecule has 0 bridgehead atoms. The van der Waals surface area contributed by atoms with E-state index in [9.17, 15) is 4.79 Å². The van der Waals surface area contributed by atoms with Crippen molar-refractivity contribution in [2.75, 3.05) is 12.4 Å². The van der Waals surface area contributed by atoms with Crippen molar-refractivity contribution in [3.63, 3.8) is 0 Å². The lowest BCUT2D eigenvalue weighted by Gasteiger charge is -2.06. The molecule has 0 atom stereocenters. The third kappa shape index (κ3) is 3.87. The number of aromatic amines is 1. The molecule has 0 fully saturated rings. The van der Waals surface area contributed by atoms with Crippen LogP contribution in [0.1, 0.15) is 6.92 Å². The Kier molecular flexibility index (Phi) is 5.09. The fourth-order valence-electron chi connectivity index (χ4n) is 1.52. The third-order valence-electron chi connectivity index (χ3n) is 2.44. The van der Waals surface area contributed by atoms with Crippen molar-refractivity contribution in [2.45, 2.75) is 18.6 Å². The molecule has 0 aliphatic carbocycles. The number of ether oxygens (including phenoxy) is 1. The van der Waals surface area contributed by atoms with Crippen LogP contribution >= 0.6 is 27.7 Å². The predicted molar refractivity (Wildman–Crippen MR) is 78.9 cm³/mol. The molecule has 1 heterocycles. The van der Waals surface area contributed by atoms with Gasteiger partial charge in [0.2, 0.25) is 0 Å². The summed E-state index contributed by atoms with van der Waals surface area (Å²) in [5.74, 6) is 1.57. The van der Waals surface area contributed by atoms with Gasteiger partial charge in [0.1, 0.15) is 5.75 Å². The smallest absolute Gasteiger partial charge is 0.343 e. The molecule has 102 valence electrons. The maximum absolute atomic E-state index is 11.4. The van der Waals surface area contributed by atoms with Gasteiger partial charge in [-0.2, -0.15) is 0 Å². The highest BCUT2D eigenvalue weighted by Crippen LogP contribution is 2.17. The van der Waals surface area contributed by atoms with E-state index in [-0.39, 0.29) is 5.69 Å². The molecule has 0 unspecified atom stereocenters.